The standard InChI is InChI=1S/C17H14Cl2O3/c1-2-6-15(20)12-9-13(18)14(19)10-16(12)22-17(21)11-7-4-3-5-8-11/h3-5,7-10H,2,6H2,1H3. The monoisotopic (exact) mass is 336 g/mol. The molecule has 2 rings (SSSR count). The molecule has 0 radical (unpaired) electrons. The van der Waals surface area contributed by atoms with E-state index in [-0.39, 0.29) is 27.1 Å². The Kier molecular flexibility index (Phi) is 5.58. The molecule has 0 spiro atoms. The number of ketones is 1. The minimum absolute atomic E-state index is 0.127. The Morgan fingerprint density at radius 3 is 2.32 bits per heavy atom. The SMILES string of the molecule is CCCC(=O)c1cc(Cl)c(Cl)cc1OC(=O)c1ccccc1. The lowest BCUT2D eigenvalue weighted by molar-refractivity contribution is 0.0732. The van der Waals surface area contributed by atoms with Crippen molar-refractivity contribution in [2.45, 2.75) is 19.8 Å². The zero-order valence-corrected chi connectivity index (χ0v) is 13.4. The van der Waals surface area contributed by atoms with Crippen LogP contribution in [0.3, 0.4) is 0 Å². The molecule has 0 aliphatic rings. The number of rotatable bonds is 5. The van der Waals surface area contributed by atoms with E-state index in [0.29, 0.717) is 18.4 Å². The highest BCUT2D eigenvalue weighted by Gasteiger charge is 2.18. The number of halogens is 2. The molecule has 3 nitrogen and oxygen atoms in total. The topological polar surface area (TPSA) is 43.4 Å². The molecular weight excluding hydrogens is 323 g/mol. The molecular formula is C17H14Cl2O3. The molecule has 0 aliphatic carbocycles. The Balaban J connectivity index is 2.35. The molecule has 114 valence electrons. The summed E-state index contributed by atoms with van der Waals surface area (Å²) in [7, 11) is 0. The summed E-state index contributed by atoms with van der Waals surface area (Å²) in [5.74, 6) is -0.567. The van der Waals surface area contributed by atoms with Crippen molar-refractivity contribution in [1.29, 1.82) is 0 Å². The summed E-state index contributed by atoms with van der Waals surface area (Å²) in [4.78, 5) is 24.3. The maximum Gasteiger partial charge on any atom is 0.343 e. The minimum atomic E-state index is -0.551. The van der Waals surface area contributed by atoms with Gasteiger partial charge in [0.1, 0.15) is 5.75 Å². The smallest absolute Gasteiger partial charge is 0.343 e. The molecule has 0 saturated carbocycles. The van der Waals surface area contributed by atoms with Crippen LogP contribution in [0.15, 0.2) is 42.5 Å². The van der Waals surface area contributed by atoms with Crippen molar-refractivity contribution in [2.75, 3.05) is 0 Å². The third-order valence-corrected chi connectivity index (χ3v) is 3.73. The van der Waals surface area contributed by atoms with Gasteiger partial charge >= 0.3 is 5.97 Å². The van der Waals surface area contributed by atoms with Gasteiger partial charge in [0.15, 0.2) is 5.78 Å². The second-order valence-electron chi connectivity index (χ2n) is 4.69. The molecule has 2 aromatic rings. The summed E-state index contributed by atoms with van der Waals surface area (Å²) in [5.41, 5.74) is 0.656. The van der Waals surface area contributed by atoms with Crippen LogP contribution < -0.4 is 4.74 Å². The van der Waals surface area contributed by atoms with Crippen LogP contribution in [0.1, 0.15) is 40.5 Å². The average molecular weight is 337 g/mol. The summed E-state index contributed by atoms with van der Waals surface area (Å²) < 4.78 is 5.33. The zero-order valence-electron chi connectivity index (χ0n) is 11.9. The fourth-order valence-electron chi connectivity index (χ4n) is 1.93. The first-order valence-corrected chi connectivity index (χ1v) is 7.58. The lowest BCUT2D eigenvalue weighted by atomic mass is 10.1. The predicted molar refractivity (Wildman–Crippen MR) is 87.1 cm³/mol. The van der Waals surface area contributed by atoms with Crippen LogP contribution in [0.5, 0.6) is 5.75 Å². The van der Waals surface area contributed by atoms with Crippen molar-refractivity contribution in [3.63, 3.8) is 0 Å². The third kappa shape index (κ3) is 3.87. The zero-order chi connectivity index (χ0) is 16.1. The quantitative estimate of drug-likeness (QED) is 0.428. The summed E-state index contributed by atoms with van der Waals surface area (Å²) >= 11 is 11.9. The van der Waals surface area contributed by atoms with Gasteiger partial charge in [0.05, 0.1) is 21.2 Å². The number of carbonyl (C=O) groups is 2. The number of carbonyl (C=O) groups excluding carboxylic acids is 2. The number of ether oxygens (including phenoxy) is 1. The second-order valence-corrected chi connectivity index (χ2v) is 5.51. The van der Waals surface area contributed by atoms with Crippen molar-refractivity contribution in [2.24, 2.45) is 0 Å². The fraction of sp³-hybridized carbons (Fsp3) is 0.176. The van der Waals surface area contributed by atoms with Crippen LogP contribution in [-0.4, -0.2) is 11.8 Å². The van der Waals surface area contributed by atoms with Gasteiger partial charge in [-0.2, -0.15) is 0 Å². The average Bonchev–Trinajstić information content (AvgIpc) is 2.51. The maximum atomic E-state index is 12.2. The molecule has 0 amide bonds. The van der Waals surface area contributed by atoms with E-state index in [0.717, 1.165) is 0 Å². The van der Waals surface area contributed by atoms with Crippen LogP contribution in [0, 0.1) is 0 Å². The van der Waals surface area contributed by atoms with Crippen LogP contribution >= 0.6 is 23.2 Å². The van der Waals surface area contributed by atoms with Crippen LogP contribution in [0.4, 0.5) is 0 Å². The summed E-state index contributed by atoms with van der Waals surface area (Å²) in [6, 6.07) is 11.4. The summed E-state index contributed by atoms with van der Waals surface area (Å²) in [6.45, 7) is 1.89. The van der Waals surface area contributed by atoms with Crippen molar-refractivity contribution in [1.82, 2.24) is 0 Å². The maximum absolute atomic E-state index is 12.2. The van der Waals surface area contributed by atoms with Gasteiger partial charge in [0.25, 0.3) is 0 Å². The molecule has 5 heteroatoms. The molecule has 0 fully saturated rings. The third-order valence-electron chi connectivity index (χ3n) is 3.01. The number of benzene rings is 2. The van der Waals surface area contributed by atoms with E-state index in [1.54, 1.807) is 30.3 Å². The van der Waals surface area contributed by atoms with Gasteiger partial charge in [-0.25, -0.2) is 4.79 Å². The van der Waals surface area contributed by atoms with Gasteiger partial charge in [-0.15, -0.1) is 0 Å². The lowest BCUT2D eigenvalue weighted by Crippen LogP contribution is -2.11. The molecule has 0 saturated heterocycles. The molecule has 0 bridgehead atoms. The number of Topliss-reactive ketones (excluding diaryl/α,β-unsaturated/α-hetero) is 1. The second kappa shape index (κ2) is 7.43. The first-order chi connectivity index (χ1) is 10.5. The number of hydrogen-bond acceptors (Lipinski definition) is 3. The molecule has 0 atom stereocenters. The van der Waals surface area contributed by atoms with E-state index in [1.807, 2.05) is 6.92 Å². The van der Waals surface area contributed by atoms with Crippen molar-refractivity contribution < 1.29 is 14.3 Å². The number of hydrogen-bond donors (Lipinski definition) is 0. The molecule has 0 aromatic heterocycles. The van der Waals surface area contributed by atoms with Gasteiger partial charge in [-0.05, 0) is 24.6 Å². The fourth-order valence-corrected chi connectivity index (χ4v) is 2.24. The van der Waals surface area contributed by atoms with E-state index in [1.165, 1.54) is 12.1 Å². The minimum Gasteiger partial charge on any atom is -0.422 e. The first-order valence-electron chi connectivity index (χ1n) is 6.82. The molecule has 0 unspecified atom stereocenters. The Morgan fingerprint density at radius 2 is 1.68 bits per heavy atom. The van der Waals surface area contributed by atoms with Crippen LogP contribution in [-0.2, 0) is 0 Å². The largest absolute Gasteiger partial charge is 0.422 e. The lowest BCUT2D eigenvalue weighted by Gasteiger charge is -2.11. The normalized spacial score (nSPS) is 10.3. The molecule has 0 aliphatic heterocycles. The van der Waals surface area contributed by atoms with Gasteiger partial charge in [-0.3, -0.25) is 4.79 Å². The van der Waals surface area contributed by atoms with Crippen molar-refractivity contribution >= 4 is 35.0 Å². The van der Waals surface area contributed by atoms with Gasteiger partial charge in [0.2, 0.25) is 0 Å². The summed E-state index contributed by atoms with van der Waals surface area (Å²) in [5, 5.41) is 0.478. The van der Waals surface area contributed by atoms with Crippen LogP contribution in [0.2, 0.25) is 10.0 Å². The van der Waals surface area contributed by atoms with Crippen LogP contribution in [0.25, 0.3) is 0 Å². The highest BCUT2D eigenvalue weighted by Crippen LogP contribution is 2.32. The Labute approximate surface area is 138 Å². The van der Waals surface area contributed by atoms with E-state index in [4.69, 9.17) is 27.9 Å². The van der Waals surface area contributed by atoms with Crippen molar-refractivity contribution in [3.8, 4) is 5.75 Å². The number of esters is 1. The highest BCUT2D eigenvalue weighted by atomic mass is 35.5. The predicted octanol–water partition coefficient (Wildman–Crippen LogP) is 5.20. The molecule has 0 heterocycles. The van der Waals surface area contributed by atoms with Gasteiger partial charge in [0, 0.05) is 12.5 Å². The van der Waals surface area contributed by atoms with Gasteiger partial charge < -0.3 is 4.74 Å². The van der Waals surface area contributed by atoms with E-state index in [9.17, 15) is 9.59 Å². The highest BCUT2D eigenvalue weighted by molar-refractivity contribution is 6.42. The van der Waals surface area contributed by atoms with E-state index >= 15 is 0 Å². The van der Waals surface area contributed by atoms with E-state index < -0.39 is 5.97 Å². The Hall–Kier alpha value is -1.84. The summed E-state index contributed by atoms with van der Waals surface area (Å²) in [6.07, 6.45) is 1.03. The molecule has 0 N–H and O–H groups in total. The Bertz CT molecular complexity index is 697. The van der Waals surface area contributed by atoms with E-state index in [2.05, 4.69) is 0 Å². The first kappa shape index (κ1) is 16.5. The molecule has 2 aromatic carbocycles. The molecule has 22 heavy (non-hydrogen) atoms. The Morgan fingerprint density at radius 1 is 1.05 bits per heavy atom. The van der Waals surface area contributed by atoms with Gasteiger partial charge in [-0.1, -0.05) is 48.3 Å². The van der Waals surface area contributed by atoms with Crippen molar-refractivity contribution in [3.05, 3.63) is 63.6 Å².